The van der Waals surface area contributed by atoms with Crippen molar-refractivity contribution in [2.75, 3.05) is 25.1 Å². The van der Waals surface area contributed by atoms with Crippen LogP contribution in [0, 0.1) is 11.8 Å². The summed E-state index contributed by atoms with van der Waals surface area (Å²) in [7, 11) is 0. The van der Waals surface area contributed by atoms with E-state index in [2.05, 4.69) is 30.7 Å². The number of rotatable bonds is 12. The van der Waals surface area contributed by atoms with E-state index < -0.39 is 5.97 Å². The van der Waals surface area contributed by atoms with Crippen molar-refractivity contribution in [2.45, 2.75) is 46.0 Å². The molecule has 0 aliphatic rings. The van der Waals surface area contributed by atoms with Crippen LogP contribution in [0.1, 0.15) is 46.0 Å². The molecular formula is C15H30N2O3S. The summed E-state index contributed by atoms with van der Waals surface area (Å²) in [4.78, 5) is 22.2. The van der Waals surface area contributed by atoms with Gasteiger partial charge in [0.25, 0.3) is 0 Å². The quantitative estimate of drug-likeness (QED) is 0.483. The Bertz CT molecular complexity index is 299. The van der Waals surface area contributed by atoms with Crippen LogP contribution in [0.4, 0.5) is 4.79 Å². The lowest BCUT2D eigenvalue weighted by Gasteiger charge is -2.20. The van der Waals surface area contributed by atoms with Crippen LogP contribution in [-0.2, 0) is 4.79 Å². The second-order valence-electron chi connectivity index (χ2n) is 5.61. The molecule has 124 valence electrons. The Morgan fingerprint density at radius 1 is 1.10 bits per heavy atom. The summed E-state index contributed by atoms with van der Waals surface area (Å²) in [5, 5.41) is 14.4. The number of carboxylic acid groups (broad SMARTS) is 1. The number of carboxylic acids is 1. The molecule has 6 heteroatoms. The first-order chi connectivity index (χ1) is 9.97. The normalized spacial score (nSPS) is 12.2. The van der Waals surface area contributed by atoms with Gasteiger partial charge in [0.15, 0.2) is 0 Å². The maximum Gasteiger partial charge on any atom is 0.314 e. The number of unbranched alkanes of at least 4 members (excludes halogenated alkanes) is 1. The summed E-state index contributed by atoms with van der Waals surface area (Å²) in [5.74, 6) is 1.14. The minimum Gasteiger partial charge on any atom is -0.481 e. The van der Waals surface area contributed by atoms with Gasteiger partial charge in [0.1, 0.15) is 0 Å². The fraction of sp³-hybridized carbons (Fsp3) is 0.867. The second-order valence-corrected chi connectivity index (χ2v) is 6.59. The van der Waals surface area contributed by atoms with E-state index in [9.17, 15) is 9.59 Å². The molecule has 0 radical (unpaired) electrons. The standard InChI is InChI=1S/C15H30N2O3S/c1-12(2)13(6-7-14(18)19)8-10-17-15(20)16-9-4-5-11-21-3/h12-13H,4-11H2,1-3H3,(H,18,19)(H2,16,17,20). The summed E-state index contributed by atoms with van der Waals surface area (Å²) in [6.07, 6.45) is 5.89. The van der Waals surface area contributed by atoms with E-state index in [4.69, 9.17) is 5.11 Å². The van der Waals surface area contributed by atoms with Crippen LogP contribution in [0.15, 0.2) is 0 Å². The molecular weight excluding hydrogens is 288 g/mol. The second kappa shape index (κ2) is 12.8. The Hall–Kier alpha value is -0.910. The van der Waals surface area contributed by atoms with Gasteiger partial charge in [-0.1, -0.05) is 13.8 Å². The molecule has 0 aromatic heterocycles. The predicted octanol–water partition coefficient (Wildman–Crippen LogP) is 2.96. The minimum atomic E-state index is -0.753. The average Bonchev–Trinajstić information content (AvgIpc) is 2.41. The molecule has 5 nitrogen and oxygen atoms in total. The molecule has 1 unspecified atom stereocenters. The van der Waals surface area contributed by atoms with Crippen LogP contribution in [0.5, 0.6) is 0 Å². The number of aliphatic carboxylic acids is 1. The van der Waals surface area contributed by atoms with E-state index in [1.807, 2.05) is 11.8 Å². The summed E-state index contributed by atoms with van der Waals surface area (Å²) < 4.78 is 0. The number of nitrogens with one attached hydrogen (secondary N) is 2. The van der Waals surface area contributed by atoms with Crippen LogP contribution >= 0.6 is 11.8 Å². The van der Waals surface area contributed by atoms with Crippen molar-refractivity contribution in [3.8, 4) is 0 Å². The van der Waals surface area contributed by atoms with Gasteiger partial charge in [-0.3, -0.25) is 4.79 Å². The molecule has 0 aliphatic heterocycles. The highest BCUT2D eigenvalue weighted by atomic mass is 32.2. The largest absolute Gasteiger partial charge is 0.481 e. The van der Waals surface area contributed by atoms with E-state index in [1.165, 1.54) is 0 Å². The van der Waals surface area contributed by atoms with Crippen molar-refractivity contribution in [1.82, 2.24) is 10.6 Å². The first-order valence-electron chi connectivity index (χ1n) is 7.69. The van der Waals surface area contributed by atoms with Gasteiger partial charge in [-0.15, -0.1) is 0 Å². The number of thioether (sulfide) groups is 1. The molecule has 0 saturated heterocycles. The van der Waals surface area contributed by atoms with Crippen molar-refractivity contribution in [3.63, 3.8) is 0 Å². The molecule has 0 aromatic rings. The number of urea groups is 1. The molecule has 2 amide bonds. The summed E-state index contributed by atoms with van der Waals surface area (Å²) >= 11 is 1.82. The number of carbonyl (C=O) groups is 2. The SMILES string of the molecule is CSCCCCNC(=O)NCCC(CCC(=O)O)C(C)C. The molecule has 0 heterocycles. The lowest BCUT2D eigenvalue weighted by Crippen LogP contribution is -2.37. The zero-order valence-electron chi connectivity index (χ0n) is 13.5. The Balaban J connectivity index is 3.72. The molecule has 3 N–H and O–H groups in total. The highest BCUT2D eigenvalue weighted by molar-refractivity contribution is 7.98. The molecule has 1 atom stereocenters. The van der Waals surface area contributed by atoms with E-state index >= 15 is 0 Å². The fourth-order valence-electron chi connectivity index (χ4n) is 2.13. The van der Waals surface area contributed by atoms with E-state index in [0.717, 1.165) is 25.0 Å². The van der Waals surface area contributed by atoms with Gasteiger partial charge >= 0.3 is 12.0 Å². The van der Waals surface area contributed by atoms with Crippen molar-refractivity contribution in [2.24, 2.45) is 11.8 Å². The van der Waals surface area contributed by atoms with E-state index in [-0.39, 0.29) is 12.5 Å². The monoisotopic (exact) mass is 318 g/mol. The number of hydrogen-bond acceptors (Lipinski definition) is 3. The van der Waals surface area contributed by atoms with Gasteiger partial charge in [-0.25, -0.2) is 4.79 Å². The smallest absolute Gasteiger partial charge is 0.314 e. The van der Waals surface area contributed by atoms with Crippen molar-refractivity contribution in [1.29, 1.82) is 0 Å². The van der Waals surface area contributed by atoms with Gasteiger partial charge in [0, 0.05) is 19.5 Å². The Morgan fingerprint density at radius 2 is 1.76 bits per heavy atom. The van der Waals surface area contributed by atoms with Crippen LogP contribution in [0.3, 0.4) is 0 Å². The van der Waals surface area contributed by atoms with Gasteiger partial charge in [-0.2, -0.15) is 11.8 Å². The van der Waals surface area contributed by atoms with Crippen LogP contribution in [-0.4, -0.2) is 42.2 Å². The lowest BCUT2D eigenvalue weighted by atomic mass is 9.88. The first-order valence-corrected chi connectivity index (χ1v) is 9.09. The van der Waals surface area contributed by atoms with Gasteiger partial charge < -0.3 is 15.7 Å². The van der Waals surface area contributed by atoms with Gasteiger partial charge in [0.2, 0.25) is 0 Å². The molecule has 0 saturated carbocycles. The van der Waals surface area contributed by atoms with Gasteiger partial charge in [0.05, 0.1) is 0 Å². The van der Waals surface area contributed by atoms with Crippen LogP contribution in [0.2, 0.25) is 0 Å². The number of hydrogen-bond donors (Lipinski definition) is 3. The minimum absolute atomic E-state index is 0.125. The zero-order chi connectivity index (χ0) is 16.1. The fourth-order valence-corrected chi connectivity index (χ4v) is 2.62. The number of amides is 2. The van der Waals surface area contributed by atoms with Gasteiger partial charge in [-0.05, 0) is 49.5 Å². The average molecular weight is 318 g/mol. The van der Waals surface area contributed by atoms with E-state index in [0.29, 0.717) is 31.3 Å². The maximum absolute atomic E-state index is 11.6. The third-order valence-corrected chi connectivity index (χ3v) is 4.23. The molecule has 0 aliphatic carbocycles. The molecule has 0 bridgehead atoms. The molecule has 0 aromatic carbocycles. The third-order valence-electron chi connectivity index (χ3n) is 3.53. The van der Waals surface area contributed by atoms with E-state index in [1.54, 1.807) is 0 Å². The molecule has 0 rings (SSSR count). The van der Waals surface area contributed by atoms with Crippen molar-refractivity contribution < 1.29 is 14.7 Å². The topological polar surface area (TPSA) is 78.4 Å². The highest BCUT2D eigenvalue weighted by Gasteiger charge is 2.15. The lowest BCUT2D eigenvalue weighted by molar-refractivity contribution is -0.137. The Kier molecular flexibility index (Phi) is 12.2. The molecule has 21 heavy (non-hydrogen) atoms. The number of carbonyl (C=O) groups excluding carboxylic acids is 1. The molecule has 0 spiro atoms. The summed E-state index contributed by atoms with van der Waals surface area (Å²) in [5.41, 5.74) is 0. The first kappa shape index (κ1) is 20.1. The third kappa shape index (κ3) is 12.5. The zero-order valence-corrected chi connectivity index (χ0v) is 14.3. The van der Waals surface area contributed by atoms with Crippen molar-refractivity contribution >= 4 is 23.8 Å². The van der Waals surface area contributed by atoms with Crippen molar-refractivity contribution in [3.05, 3.63) is 0 Å². The summed E-state index contributed by atoms with van der Waals surface area (Å²) in [6, 6.07) is -0.125. The maximum atomic E-state index is 11.6. The van der Waals surface area contributed by atoms with Crippen LogP contribution < -0.4 is 10.6 Å². The predicted molar refractivity (Wildman–Crippen MR) is 88.8 cm³/mol. The highest BCUT2D eigenvalue weighted by Crippen LogP contribution is 2.20. The Labute approximate surface area is 132 Å². The molecule has 0 fully saturated rings. The summed E-state index contributed by atoms with van der Waals surface area (Å²) in [6.45, 7) is 5.49. The van der Waals surface area contributed by atoms with Crippen LogP contribution in [0.25, 0.3) is 0 Å². The Morgan fingerprint density at radius 3 is 2.33 bits per heavy atom.